The fourth-order valence-electron chi connectivity index (χ4n) is 2.65. The Kier molecular flexibility index (Phi) is 5.33. The van der Waals surface area contributed by atoms with E-state index >= 15 is 0 Å². The van der Waals surface area contributed by atoms with E-state index in [-0.39, 0.29) is 18.1 Å². The van der Waals surface area contributed by atoms with Crippen molar-refractivity contribution in [2.45, 2.75) is 25.0 Å². The van der Waals surface area contributed by atoms with Crippen LogP contribution < -0.4 is 0 Å². The summed E-state index contributed by atoms with van der Waals surface area (Å²) < 4.78 is 11.4. The maximum absolute atomic E-state index is 5.80. The minimum Gasteiger partial charge on any atom is -0.381 e. The van der Waals surface area contributed by atoms with Crippen LogP contribution in [0, 0.1) is 0 Å². The van der Waals surface area contributed by atoms with Gasteiger partial charge in [0.2, 0.25) is 0 Å². The molecule has 3 atom stereocenters. The van der Waals surface area contributed by atoms with Gasteiger partial charge in [-0.15, -0.1) is 0 Å². The number of rotatable bonds is 6. The van der Waals surface area contributed by atoms with Crippen molar-refractivity contribution < 1.29 is 9.47 Å². The highest BCUT2D eigenvalue weighted by atomic mass is 16.5. The van der Waals surface area contributed by atoms with Gasteiger partial charge in [-0.2, -0.15) is 0 Å². The van der Waals surface area contributed by atoms with Gasteiger partial charge >= 0.3 is 0 Å². The quantitative estimate of drug-likeness (QED) is 0.783. The van der Waals surface area contributed by atoms with Crippen molar-refractivity contribution in [2.75, 3.05) is 14.2 Å². The van der Waals surface area contributed by atoms with Gasteiger partial charge < -0.3 is 9.47 Å². The molecule has 0 aliphatic carbocycles. The number of ether oxygens (including phenoxy) is 2. The Morgan fingerprint density at radius 2 is 1.20 bits per heavy atom. The molecular weight excluding hydrogens is 248 g/mol. The lowest BCUT2D eigenvalue weighted by atomic mass is 9.85. The molecule has 0 radical (unpaired) electrons. The molecule has 0 unspecified atom stereocenters. The summed E-state index contributed by atoms with van der Waals surface area (Å²) in [7, 11) is 3.51. The van der Waals surface area contributed by atoms with Gasteiger partial charge in [0.1, 0.15) is 0 Å². The highest BCUT2D eigenvalue weighted by Crippen LogP contribution is 2.37. The maximum Gasteiger partial charge on any atom is 0.0914 e. The highest BCUT2D eigenvalue weighted by molar-refractivity contribution is 5.28. The summed E-state index contributed by atoms with van der Waals surface area (Å²) >= 11 is 0. The molecule has 0 aliphatic rings. The fourth-order valence-corrected chi connectivity index (χ4v) is 2.65. The second kappa shape index (κ2) is 7.22. The lowest BCUT2D eigenvalue weighted by Crippen LogP contribution is -2.25. The van der Waals surface area contributed by atoms with Gasteiger partial charge in [-0.25, -0.2) is 0 Å². The molecule has 20 heavy (non-hydrogen) atoms. The molecule has 0 spiro atoms. The molecule has 0 saturated heterocycles. The molecule has 2 aromatic rings. The largest absolute Gasteiger partial charge is 0.381 e. The molecule has 0 aliphatic heterocycles. The van der Waals surface area contributed by atoms with Crippen molar-refractivity contribution in [1.82, 2.24) is 0 Å². The Bertz CT molecular complexity index is 495. The predicted octanol–water partition coefficient (Wildman–Crippen LogP) is 4.19. The van der Waals surface area contributed by atoms with Crippen molar-refractivity contribution in [3.8, 4) is 0 Å². The molecule has 2 heteroatoms. The van der Waals surface area contributed by atoms with E-state index in [1.54, 1.807) is 14.2 Å². The summed E-state index contributed by atoms with van der Waals surface area (Å²) in [5.74, 6) is 0.161. The molecule has 0 N–H and O–H groups in total. The maximum atomic E-state index is 5.80. The van der Waals surface area contributed by atoms with Crippen LogP contribution in [0.2, 0.25) is 0 Å². The number of methoxy groups -OCH3 is 2. The van der Waals surface area contributed by atoms with Gasteiger partial charge in [0, 0.05) is 20.1 Å². The van der Waals surface area contributed by atoms with E-state index < -0.39 is 0 Å². The Balaban J connectivity index is 2.39. The molecular formula is C18H22O2. The molecule has 0 saturated carbocycles. The van der Waals surface area contributed by atoms with Gasteiger partial charge in [0.25, 0.3) is 0 Å². The van der Waals surface area contributed by atoms with E-state index in [1.807, 2.05) is 24.3 Å². The Labute approximate surface area is 121 Å². The third-order valence-corrected chi connectivity index (χ3v) is 3.77. The molecule has 2 aromatic carbocycles. The molecule has 2 rings (SSSR count). The normalized spacial score (nSPS) is 15.6. The second-order valence-corrected chi connectivity index (χ2v) is 4.94. The zero-order chi connectivity index (χ0) is 14.4. The third kappa shape index (κ3) is 3.27. The van der Waals surface area contributed by atoms with E-state index in [2.05, 4.69) is 43.3 Å². The predicted molar refractivity (Wildman–Crippen MR) is 81.8 cm³/mol. The SMILES string of the molecule is CO[C@H](C)[C@@H](c1ccccc1)[C@@H](OC)c1ccccc1. The Morgan fingerprint density at radius 1 is 0.700 bits per heavy atom. The summed E-state index contributed by atoms with van der Waals surface area (Å²) in [6, 6.07) is 20.7. The highest BCUT2D eigenvalue weighted by Gasteiger charge is 2.29. The Morgan fingerprint density at radius 3 is 1.65 bits per heavy atom. The van der Waals surface area contributed by atoms with E-state index in [1.165, 1.54) is 11.1 Å². The van der Waals surface area contributed by atoms with Crippen LogP contribution in [0.4, 0.5) is 0 Å². The van der Waals surface area contributed by atoms with Crippen LogP contribution in [0.25, 0.3) is 0 Å². The van der Waals surface area contributed by atoms with Crippen LogP contribution in [-0.4, -0.2) is 20.3 Å². The molecule has 0 bridgehead atoms. The van der Waals surface area contributed by atoms with Gasteiger partial charge in [0.15, 0.2) is 0 Å². The van der Waals surface area contributed by atoms with Crippen molar-refractivity contribution in [2.24, 2.45) is 0 Å². The molecule has 106 valence electrons. The Hall–Kier alpha value is -1.64. The lowest BCUT2D eigenvalue weighted by Gasteiger charge is -2.31. The first-order valence-electron chi connectivity index (χ1n) is 6.93. The van der Waals surface area contributed by atoms with E-state index in [0.717, 1.165) is 0 Å². The smallest absolute Gasteiger partial charge is 0.0914 e. The number of hydrogen-bond donors (Lipinski definition) is 0. The van der Waals surface area contributed by atoms with Gasteiger partial charge in [-0.1, -0.05) is 60.7 Å². The second-order valence-electron chi connectivity index (χ2n) is 4.94. The number of hydrogen-bond acceptors (Lipinski definition) is 2. The van der Waals surface area contributed by atoms with Crippen LogP contribution in [0.1, 0.15) is 30.1 Å². The van der Waals surface area contributed by atoms with Crippen LogP contribution in [-0.2, 0) is 9.47 Å². The van der Waals surface area contributed by atoms with Crippen LogP contribution in [0.5, 0.6) is 0 Å². The lowest BCUT2D eigenvalue weighted by molar-refractivity contribution is 0.00673. The first kappa shape index (κ1) is 14.8. The number of benzene rings is 2. The minimum absolute atomic E-state index is 0.0199. The topological polar surface area (TPSA) is 18.5 Å². The summed E-state index contributed by atoms with van der Waals surface area (Å²) in [5.41, 5.74) is 2.41. The standard InChI is InChI=1S/C18H22O2/c1-14(19-2)17(15-10-6-4-7-11-15)18(20-3)16-12-8-5-9-13-16/h4-14,17-18H,1-3H3/t14-,17+,18+/m1/s1. The van der Waals surface area contributed by atoms with Crippen molar-refractivity contribution in [3.05, 3.63) is 71.8 Å². The zero-order valence-electron chi connectivity index (χ0n) is 12.3. The molecule has 2 nitrogen and oxygen atoms in total. The first-order valence-corrected chi connectivity index (χ1v) is 6.93. The van der Waals surface area contributed by atoms with Crippen molar-refractivity contribution in [1.29, 1.82) is 0 Å². The van der Waals surface area contributed by atoms with E-state index in [9.17, 15) is 0 Å². The minimum atomic E-state index is -0.0199. The summed E-state index contributed by atoms with van der Waals surface area (Å²) in [6.07, 6.45) is 0.0520. The van der Waals surface area contributed by atoms with Crippen LogP contribution in [0.15, 0.2) is 60.7 Å². The van der Waals surface area contributed by atoms with Crippen molar-refractivity contribution in [3.63, 3.8) is 0 Å². The summed E-state index contributed by atoms with van der Waals surface area (Å²) in [4.78, 5) is 0. The third-order valence-electron chi connectivity index (χ3n) is 3.77. The molecule has 0 aromatic heterocycles. The molecule has 0 fully saturated rings. The van der Waals surface area contributed by atoms with Gasteiger partial charge in [0.05, 0.1) is 12.2 Å². The average molecular weight is 270 g/mol. The molecule has 0 amide bonds. The molecule has 0 heterocycles. The first-order chi connectivity index (χ1) is 9.77. The van der Waals surface area contributed by atoms with Gasteiger partial charge in [-0.3, -0.25) is 0 Å². The average Bonchev–Trinajstić information content (AvgIpc) is 2.53. The van der Waals surface area contributed by atoms with E-state index in [0.29, 0.717) is 0 Å². The van der Waals surface area contributed by atoms with Crippen LogP contribution in [0.3, 0.4) is 0 Å². The fraction of sp³-hybridized carbons (Fsp3) is 0.333. The summed E-state index contributed by atoms with van der Waals surface area (Å²) in [5, 5.41) is 0. The van der Waals surface area contributed by atoms with E-state index in [4.69, 9.17) is 9.47 Å². The monoisotopic (exact) mass is 270 g/mol. The van der Waals surface area contributed by atoms with Crippen LogP contribution >= 0.6 is 0 Å². The van der Waals surface area contributed by atoms with Crippen molar-refractivity contribution >= 4 is 0 Å². The summed E-state index contributed by atoms with van der Waals surface area (Å²) in [6.45, 7) is 2.09. The van der Waals surface area contributed by atoms with Gasteiger partial charge in [-0.05, 0) is 18.1 Å². The zero-order valence-corrected chi connectivity index (χ0v) is 12.3.